The van der Waals surface area contributed by atoms with Gasteiger partial charge in [0.25, 0.3) is 11.5 Å². The van der Waals surface area contributed by atoms with Crippen LogP contribution in [-0.4, -0.2) is 20.5 Å². The first-order valence-corrected chi connectivity index (χ1v) is 11.4. The molecule has 0 aliphatic carbocycles. The van der Waals surface area contributed by atoms with Crippen molar-refractivity contribution in [2.24, 2.45) is 0 Å². The lowest BCUT2D eigenvalue weighted by molar-refractivity contribution is 0.102. The molecule has 0 aliphatic heterocycles. The summed E-state index contributed by atoms with van der Waals surface area (Å²) < 4.78 is 1.34. The number of aromatic nitrogens is 3. The van der Waals surface area contributed by atoms with E-state index in [9.17, 15) is 9.59 Å². The van der Waals surface area contributed by atoms with Crippen LogP contribution in [0.3, 0.4) is 0 Å². The molecular formula is C21H17ClN4O2S2. The molecule has 9 heteroatoms. The fraction of sp³-hybridized carbons (Fsp3) is 0.143. The van der Waals surface area contributed by atoms with E-state index in [1.807, 2.05) is 31.2 Å². The Morgan fingerprint density at radius 2 is 1.97 bits per heavy atom. The first-order valence-electron chi connectivity index (χ1n) is 9.21. The number of carbonyl (C=O) groups is 1. The second-order valence-corrected chi connectivity index (χ2v) is 8.81. The van der Waals surface area contributed by atoms with Gasteiger partial charge in [0.05, 0.1) is 22.0 Å². The van der Waals surface area contributed by atoms with Crippen LogP contribution in [0.4, 0.5) is 5.69 Å². The van der Waals surface area contributed by atoms with Gasteiger partial charge in [-0.1, -0.05) is 54.1 Å². The van der Waals surface area contributed by atoms with Gasteiger partial charge in [0, 0.05) is 16.7 Å². The molecule has 2 aromatic carbocycles. The number of nitrogens with one attached hydrogen (secondary N) is 1. The van der Waals surface area contributed by atoms with Crippen LogP contribution >= 0.6 is 34.7 Å². The van der Waals surface area contributed by atoms with Crippen molar-refractivity contribution in [2.75, 3.05) is 5.32 Å². The molecule has 2 aromatic heterocycles. The number of hydrogen-bond donors (Lipinski definition) is 1. The number of aryl methyl sites for hydroxylation is 1. The third kappa shape index (κ3) is 4.40. The van der Waals surface area contributed by atoms with E-state index in [0.29, 0.717) is 32.7 Å². The molecule has 152 valence electrons. The van der Waals surface area contributed by atoms with Crippen LogP contribution in [0, 0.1) is 0 Å². The van der Waals surface area contributed by atoms with Crippen molar-refractivity contribution in [1.82, 2.24) is 14.6 Å². The maximum Gasteiger partial charge on any atom is 0.275 e. The number of fused-ring (bicyclic) bond motifs is 1. The minimum atomic E-state index is -0.275. The number of carbonyl (C=O) groups excluding carboxylic acids is 1. The van der Waals surface area contributed by atoms with Crippen LogP contribution < -0.4 is 10.9 Å². The highest BCUT2D eigenvalue weighted by atomic mass is 35.5. The van der Waals surface area contributed by atoms with Crippen LogP contribution in [0.1, 0.15) is 28.0 Å². The topological polar surface area (TPSA) is 76.4 Å². The molecule has 4 rings (SSSR count). The summed E-state index contributed by atoms with van der Waals surface area (Å²) in [6.07, 6.45) is 0.760. The lowest BCUT2D eigenvalue weighted by Crippen LogP contribution is -2.15. The molecule has 30 heavy (non-hydrogen) atoms. The van der Waals surface area contributed by atoms with Gasteiger partial charge in [-0.05, 0) is 30.7 Å². The van der Waals surface area contributed by atoms with Crippen molar-refractivity contribution in [1.29, 1.82) is 0 Å². The fourth-order valence-electron chi connectivity index (χ4n) is 2.80. The van der Waals surface area contributed by atoms with Crippen LogP contribution in [0.25, 0.3) is 4.96 Å². The summed E-state index contributed by atoms with van der Waals surface area (Å²) in [5.74, 6) is 0.215. The van der Waals surface area contributed by atoms with Gasteiger partial charge in [0.15, 0.2) is 0 Å². The van der Waals surface area contributed by atoms with Crippen LogP contribution in [0.2, 0.25) is 5.02 Å². The Morgan fingerprint density at radius 1 is 1.20 bits per heavy atom. The van der Waals surface area contributed by atoms with Crippen LogP contribution in [0.15, 0.2) is 64.3 Å². The number of benzene rings is 2. The predicted octanol–water partition coefficient (Wildman–Crippen LogP) is 4.91. The summed E-state index contributed by atoms with van der Waals surface area (Å²) in [5, 5.41) is 8.45. The molecule has 0 unspecified atom stereocenters. The van der Waals surface area contributed by atoms with E-state index in [-0.39, 0.29) is 11.5 Å². The zero-order valence-electron chi connectivity index (χ0n) is 16.0. The fourth-order valence-corrected chi connectivity index (χ4v) is 4.78. The first-order chi connectivity index (χ1) is 14.5. The number of anilines is 1. The summed E-state index contributed by atoms with van der Waals surface area (Å²) in [4.78, 5) is 31.0. The van der Waals surface area contributed by atoms with Gasteiger partial charge in [-0.25, -0.2) is 4.98 Å². The molecule has 0 radical (unpaired) electrons. The van der Waals surface area contributed by atoms with Gasteiger partial charge in [-0.2, -0.15) is 9.61 Å². The molecular weight excluding hydrogens is 440 g/mol. The molecule has 0 aliphatic rings. The van der Waals surface area contributed by atoms with Gasteiger partial charge in [0.1, 0.15) is 5.01 Å². The minimum Gasteiger partial charge on any atom is -0.321 e. The van der Waals surface area contributed by atoms with E-state index in [2.05, 4.69) is 15.4 Å². The van der Waals surface area contributed by atoms with E-state index >= 15 is 0 Å². The summed E-state index contributed by atoms with van der Waals surface area (Å²) >= 11 is 9.05. The molecule has 0 bridgehead atoms. The summed E-state index contributed by atoms with van der Waals surface area (Å²) in [7, 11) is 0. The summed E-state index contributed by atoms with van der Waals surface area (Å²) in [6.45, 7) is 1.99. The van der Waals surface area contributed by atoms with Crippen molar-refractivity contribution in [3.05, 3.63) is 86.2 Å². The smallest absolute Gasteiger partial charge is 0.275 e. The SMILES string of the molecule is CCc1nn2c(=O)cc(CSc3ccccc3NC(=O)c3ccccc3Cl)nc2s1. The third-order valence-corrected chi connectivity index (χ3v) is 6.76. The Hall–Kier alpha value is -2.68. The predicted molar refractivity (Wildman–Crippen MR) is 122 cm³/mol. The maximum absolute atomic E-state index is 12.6. The van der Waals surface area contributed by atoms with Crippen LogP contribution in [-0.2, 0) is 12.2 Å². The average Bonchev–Trinajstić information content (AvgIpc) is 3.17. The van der Waals surface area contributed by atoms with Crippen molar-refractivity contribution in [3.8, 4) is 0 Å². The summed E-state index contributed by atoms with van der Waals surface area (Å²) in [6, 6.07) is 15.9. The van der Waals surface area contributed by atoms with E-state index in [4.69, 9.17) is 11.6 Å². The van der Waals surface area contributed by atoms with Gasteiger partial charge in [-0.15, -0.1) is 11.8 Å². The maximum atomic E-state index is 12.6. The summed E-state index contributed by atoms with van der Waals surface area (Å²) in [5.41, 5.74) is 1.57. The molecule has 1 amide bonds. The average molecular weight is 457 g/mol. The highest BCUT2D eigenvalue weighted by molar-refractivity contribution is 7.98. The van der Waals surface area contributed by atoms with Crippen molar-refractivity contribution >= 4 is 51.3 Å². The number of rotatable bonds is 6. The van der Waals surface area contributed by atoms with Gasteiger partial charge >= 0.3 is 0 Å². The molecule has 2 heterocycles. The number of amides is 1. The monoisotopic (exact) mass is 456 g/mol. The lowest BCUT2D eigenvalue weighted by Gasteiger charge is -2.11. The van der Waals surface area contributed by atoms with E-state index in [1.54, 1.807) is 24.3 Å². The Kier molecular flexibility index (Phi) is 6.17. The van der Waals surface area contributed by atoms with Crippen LogP contribution in [0.5, 0.6) is 0 Å². The van der Waals surface area contributed by atoms with E-state index < -0.39 is 0 Å². The zero-order chi connectivity index (χ0) is 21.1. The largest absolute Gasteiger partial charge is 0.321 e. The third-order valence-electron chi connectivity index (χ3n) is 4.27. The van der Waals surface area contributed by atoms with Crippen molar-refractivity contribution in [3.63, 3.8) is 0 Å². The Labute approximate surface area is 185 Å². The number of para-hydroxylation sites is 1. The first kappa shape index (κ1) is 20.6. The molecule has 0 atom stereocenters. The Balaban J connectivity index is 1.53. The Bertz CT molecular complexity index is 1290. The minimum absolute atomic E-state index is 0.188. The quantitative estimate of drug-likeness (QED) is 0.417. The molecule has 1 N–H and O–H groups in total. The van der Waals surface area contributed by atoms with E-state index in [0.717, 1.165) is 16.3 Å². The molecule has 0 fully saturated rings. The normalized spacial score (nSPS) is 11.0. The molecule has 6 nitrogen and oxygen atoms in total. The van der Waals surface area contributed by atoms with E-state index in [1.165, 1.54) is 33.7 Å². The van der Waals surface area contributed by atoms with Gasteiger partial charge in [0.2, 0.25) is 4.96 Å². The number of thioether (sulfide) groups is 1. The lowest BCUT2D eigenvalue weighted by atomic mass is 10.2. The molecule has 0 saturated carbocycles. The second kappa shape index (κ2) is 8.99. The number of halogens is 1. The Morgan fingerprint density at radius 3 is 2.77 bits per heavy atom. The second-order valence-electron chi connectivity index (χ2n) is 6.35. The van der Waals surface area contributed by atoms with Crippen molar-refractivity contribution in [2.45, 2.75) is 24.0 Å². The standard InChI is InChI=1S/C21H17ClN4O2S2/c1-2-18-25-26-19(27)11-13(23-21(26)30-18)12-29-17-10-6-5-9-16(17)24-20(28)14-7-3-4-8-15(14)22/h3-11H,2,12H2,1H3,(H,24,28). The molecule has 0 saturated heterocycles. The van der Waals surface area contributed by atoms with Gasteiger partial charge < -0.3 is 5.32 Å². The molecule has 0 spiro atoms. The highest BCUT2D eigenvalue weighted by Crippen LogP contribution is 2.30. The van der Waals surface area contributed by atoms with Crippen molar-refractivity contribution < 1.29 is 4.79 Å². The zero-order valence-corrected chi connectivity index (χ0v) is 18.4. The number of nitrogens with zero attached hydrogens (tertiary/aromatic N) is 3. The molecule has 4 aromatic rings. The highest BCUT2D eigenvalue weighted by Gasteiger charge is 2.13. The number of hydrogen-bond acceptors (Lipinski definition) is 6. The van der Waals surface area contributed by atoms with Gasteiger partial charge in [-0.3, -0.25) is 9.59 Å².